The molecule has 0 radical (unpaired) electrons. The Morgan fingerprint density at radius 3 is 2.50 bits per heavy atom. The summed E-state index contributed by atoms with van der Waals surface area (Å²) in [6.07, 6.45) is 5.23. The molecule has 0 aliphatic heterocycles. The van der Waals surface area contributed by atoms with E-state index in [0.717, 1.165) is 6.42 Å². The lowest BCUT2D eigenvalue weighted by atomic mass is 9.73. The van der Waals surface area contributed by atoms with Gasteiger partial charge < -0.3 is 11.1 Å². The second-order valence-corrected chi connectivity index (χ2v) is 7.53. The van der Waals surface area contributed by atoms with Gasteiger partial charge in [-0.2, -0.15) is 0 Å². The van der Waals surface area contributed by atoms with Crippen molar-refractivity contribution in [2.24, 2.45) is 16.6 Å². The number of carbonyl (C=O) groups is 1. The van der Waals surface area contributed by atoms with E-state index in [4.69, 9.17) is 5.73 Å². The maximum atomic E-state index is 12.1. The molecule has 0 saturated heterocycles. The van der Waals surface area contributed by atoms with Crippen LogP contribution in [0.15, 0.2) is 0 Å². The molecule has 1 amide bonds. The summed E-state index contributed by atoms with van der Waals surface area (Å²) in [5.74, 6) is 0.109. The standard InChI is InChI=1S/C15H30N2O/c1-14(2,3)11(16)10-13(18)17-12-8-6-7-9-15(12,4)5/h11-12H,6-10,16H2,1-5H3,(H,17,18). The van der Waals surface area contributed by atoms with Crippen LogP contribution in [-0.4, -0.2) is 18.0 Å². The number of hydrogen-bond acceptors (Lipinski definition) is 2. The van der Waals surface area contributed by atoms with E-state index in [1.54, 1.807) is 0 Å². The van der Waals surface area contributed by atoms with Crippen LogP contribution in [0.3, 0.4) is 0 Å². The fourth-order valence-electron chi connectivity index (χ4n) is 2.52. The van der Waals surface area contributed by atoms with E-state index in [1.807, 2.05) is 0 Å². The Hall–Kier alpha value is -0.570. The Balaban J connectivity index is 2.49. The van der Waals surface area contributed by atoms with Gasteiger partial charge in [-0.05, 0) is 23.7 Å². The van der Waals surface area contributed by atoms with Gasteiger partial charge in [0.25, 0.3) is 0 Å². The number of hydrogen-bond donors (Lipinski definition) is 2. The van der Waals surface area contributed by atoms with Crippen LogP contribution in [0.4, 0.5) is 0 Å². The summed E-state index contributed by atoms with van der Waals surface area (Å²) >= 11 is 0. The number of nitrogens with one attached hydrogen (secondary N) is 1. The van der Waals surface area contributed by atoms with Crippen molar-refractivity contribution in [1.82, 2.24) is 5.32 Å². The number of carbonyl (C=O) groups excluding carboxylic acids is 1. The van der Waals surface area contributed by atoms with E-state index in [0.29, 0.717) is 12.5 Å². The molecule has 0 bridgehead atoms. The topological polar surface area (TPSA) is 55.1 Å². The first-order valence-corrected chi connectivity index (χ1v) is 7.18. The molecule has 3 N–H and O–H groups in total. The molecule has 3 heteroatoms. The van der Waals surface area contributed by atoms with Crippen LogP contribution < -0.4 is 11.1 Å². The zero-order valence-corrected chi connectivity index (χ0v) is 12.7. The zero-order valence-electron chi connectivity index (χ0n) is 12.7. The van der Waals surface area contributed by atoms with E-state index in [1.165, 1.54) is 19.3 Å². The van der Waals surface area contributed by atoms with E-state index in [2.05, 4.69) is 39.9 Å². The van der Waals surface area contributed by atoms with Gasteiger partial charge in [0.15, 0.2) is 0 Å². The van der Waals surface area contributed by atoms with Crippen molar-refractivity contribution in [3.63, 3.8) is 0 Å². The highest BCUT2D eigenvalue weighted by Gasteiger charge is 2.33. The van der Waals surface area contributed by atoms with Crippen LogP contribution in [0, 0.1) is 10.8 Å². The number of amides is 1. The molecule has 0 aromatic heterocycles. The van der Waals surface area contributed by atoms with Gasteiger partial charge in [0.1, 0.15) is 0 Å². The van der Waals surface area contributed by atoms with Gasteiger partial charge in [0.2, 0.25) is 5.91 Å². The molecule has 1 saturated carbocycles. The molecule has 18 heavy (non-hydrogen) atoms. The van der Waals surface area contributed by atoms with Crippen molar-refractivity contribution in [3.8, 4) is 0 Å². The van der Waals surface area contributed by atoms with Crippen molar-refractivity contribution in [2.45, 2.75) is 78.8 Å². The molecule has 2 unspecified atom stereocenters. The first-order valence-electron chi connectivity index (χ1n) is 7.18. The Morgan fingerprint density at radius 1 is 1.39 bits per heavy atom. The fourth-order valence-corrected chi connectivity index (χ4v) is 2.52. The third-order valence-corrected chi connectivity index (χ3v) is 4.36. The van der Waals surface area contributed by atoms with Crippen molar-refractivity contribution in [1.29, 1.82) is 0 Å². The summed E-state index contributed by atoms with van der Waals surface area (Å²) in [5, 5.41) is 3.19. The lowest BCUT2D eigenvalue weighted by molar-refractivity contribution is -0.123. The summed E-state index contributed by atoms with van der Waals surface area (Å²) < 4.78 is 0. The monoisotopic (exact) mass is 254 g/mol. The van der Waals surface area contributed by atoms with Gasteiger partial charge in [-0.3, -0.25) is 4.79 Å². The molecular formula is C15H30N2O. The lowest BCUT2D eigenvalue weighted by Gasteiger charge is -2.39. The van der Waals surface area contributed by atoms with Crippen molar-refractivity contribution < 1.29 is 4.79 Å². The third-order valence-electron chi connectivity index (χ3n) is 4.36. The Kier molecular flexibility index (Phi) is 4.82. The highest BCUT2D eigenvalue weighted by molar-refractivity contribution is 5.77. The molecule has 2 atom stereocenters. The molecule has 3 nitrogen and oxygen atoms in total. The maximum Gasteiger partial charge on any atom is 0.221 e. The van der Waals surface area contributed by atoms with E-state index in [9.17, 15) is 4.79 Å². The molecule has 1 aliphatic rings. The van der Waals surface area contributed by atoms with Crippen molar-refractivity contribution in [2.75, 3.05) is 0 Å². The summed E-state index contributed by atoms with van der Waals surface area (Å²) in [4.78, 5) is 12.1. The van der Waals surface area contributed by atoms with Gasteiger partial charge in [-0.1, -0.05) is 47.5 Å². The molecule has 106 valence electrons. The van der Waals surface area contributed by atoms with Crippen LogP contribution >= 0.6 is 0 Å². The third kappa shape index (κ3) is 4.27. The summed E-state index contributed by atoms with van der Waals surface area (Å²) in [5.41, 5.74) is 6.27. The summed E-state index contributed by atoms with van der Waals surface area (Å²) in [7, 11) is 0. The maximum absolute atomic E-state index is 12.1. The van der Waals surface area contributed by atoms with Crippen LogP contribution in [-0.2, 0) is 4.79 Å². The molecule has 0 aromatic carbocycles. The van der Waals surface area contributed by atoms with Gasteiger partial charge in [-0.25, -0.2) is 0 Å². The summed E-state index contributed by atoms with van der Waals surface area (Å²) in [6, 6.07) is 0.232. The Bertz CT molecular complexity index is 291. The summed E-state index contributed by atoms with van der Waals surface area (Å²) in [6.45, 7) is 10.7. The minimum absolute atomic E-state index is 0.0145. The number of rotatable bonds is 3. The Morgan fingerprint density at radius 2 is 2.00 bits per heavy atom. The highest BCUT2D eigenvalue weighted by atomic mass is 16.1. The van der Waals surface area contributed by atoms with Crippen LogP contribution in [0.1, 0.15) is 66.7 Å². The van der Waals surface area contributed by atoms with E-state index >= 15 is 0 Å². The molecule has 1 aliphatic carbocycles. The molecule has 0 spiro atoms. The van der Waals surface area contributed by atoms with Gasteiger partial charge in [0, 0.05) is 18.5 Å². The van der Waals surface area contributed by atoms with Gasteiger partial charge in [0.05, 0.1) is 0 Å². The van der Waals surface area contributed by atoms with E-state index in [-0.39, 0.29) is 22.8 Å². The van der Waals surface area contributed by atoms with E-state index < -0.39 is 0 Å². The molecule has 0 heterocycles. The SMILES string of the molecule is CC(C)(C)C(N)CC(=O)NC1CCCCC1(C)C. The minimum Gasteiger partial charge on any atom is -0.353 e. The molecule has 1 rings (SSSR count). The van der Waals surface area contributed by atoms with Gasteiger partial charge >= 0.3 is 0 Å². The molecule has 1 fully saturated rings. The lowest BCUT2D eigenvalue weighted by Crippen LogP contribution is -2.49. The second-order valence-electron chi connectivity index (χ2n) is 7.53. The largest absolute Gasteiger partial charge is 0.353 e. The van der Waals surface area contributed by atoms with Crippen molar-refractivity contribution >= 4 is 5.91 Å². The van der Waals surface area contributed by atoms with Crippen LogP contribution in [0.2, 0.25) is 0 Å². The second kappa shape index (κ2) is 5.60. The predicted octanol–water partition coefficient (Wildman–Crippen LogP) is 2.83. The van der Waals surface area contributed by atoms with Gasteiger partial charge in [-0.15, -0.1) is 0 Å². The first-order chi connectivity index (χ1) is 8.13. The first kappa shape index (κ1) is 15.5. The van der Waals surface area contributed by atoms with Crippen molar-refractivity contribution in [3.05, 3.63) is 0 Å². The normalized spacial score (nSPS) is 25.6. The molecular weight excluding hydrogens is 224 g/mol. The minimum atomic E-state index is -0.0794. The number of nitrogens with two attached hydrogens (primary N) is 1. The predicted molar refractivity (Wildman–Crippen MR) is 76.2 cm³/mol. The quantitative estimate of drug-likeness (QED) is 0.813. The smallest absolute Gasteiger partial charge is 0.221 e. The highest BCUT2D eigenvalue weighted by Crippen LogP contribution is 2.35. The average molecular weight is 254 g/mol. The fraction of sp³-hybridized carbons (Fsp3) is 0.933. The molecule has 0 aromatic rings. The average Bonchev–Trinajstić information content (AvgIpc) is 2.19. The van der Waals surface area contributed by atoms with Crippen LogP contribution in [0.5, 0.6) is 0 Å². The Labute approximate surface area is 112 Å². The zero-order chi connectivity index (χ0) is 14.0. The van der Waals surface area contributed by atoms with Crippen LogP contribution in [0.25, 0.3) is 0 Å².